The predicted molar refractivity (Wildman–Crippen MR) is 94.3 cm³/mol. The van der Waals surface area contributed by atoms with Gasteiger partial charge in [0, 0.05) is 36.9 Å². The third-order valence-corrected chi connectivity index (χ3v) is 4.86. The molecule has 1 N–H and O–H groups in total. The Morgan fingerprint density at radius 3 is 2.75 bits per heavy atom. The average Bonchev–Trinajstić information content (AvgIpc) is 3.02. The van der Waals surface area contributed by atoms with Gasteiger partial charge in [-0.2, -0.15) is 4.98 Å². The number of carbonyl (C=O) groups excluding carboxylic acids is 1. The molecular formula is C17H29ClN4O2. The van der Waals surface area contributed by atoms with Crippen LogP contribution in [0.1, 0.15) is 64.6 Å². The van der Waals surface area contributed by atoms with Crippen LogP contribution in [0.15, 0.2) is 4.52 Å². The number of nitrogens with one attached hydrogen (secondary N) is 1. The molecule has 0 radical (unpaired) electrons. The van der Waals surface area contributed by atoms with E-state index >= 15 is 0 Å². The van der Waals surface area contributed by atoms with Crippen molar-refractivity contribution in [2.45, 2.75) is 76.8 Å². The third kappa shape index (κ3) is 4.28. The normalized spacial score (nSPS) is 23.7. The summed E-state index contributed by atoms with van der Waals surface area (Å²) in [5, 5.41) is 7.47. The summed E-state index contributed by atoms with van der Waals surface area (Å²) in [5.41, 5.74) is -0.101. The molecule has 2 unspecified atom stereocenters. The number of rotatable bonds is 4. The zero-order valence-electron chi connectivity index (χ0n) is 14.9. The highest BCUT2D eigenvalue weighted by Gasteiger charge is 2.37. The van der Waals surface area contributed by atoms with Gasteiger partial charge in [-0.05, 0) is 32.2 Å². The standard InChI is InChI=1S/C17H28N4O2.ClH/c1-17(2,3)16-19-14(23-20-16)5-4-6-15(22)21-12-7-8-13(21)11-18-10-9-12;/h12-13,18H,4-11H2,1-3H3;1H. The summed E-state index contributed by atoms with van der Waals surface area (Å²) in [6.45, 7) is 8.17. The van der Waals surface area contributed by atoms with E-state index in [0.717, 1.165) is 44.6 Å². The summed E-state index contributed by atoms with van der Waals surface area (Å²) in [6.07, 6.45) is 5.41. The van der Waals surface area contributed by atoms with Crippen molar-refractivity contribution in [3.05, 3.63) is 11.7 Å². The summed E-state index contributed by atoms with van der Waals surface area (Å²) in [5.74, 6) is 1.66. The molecule has 2 fully saturated rings. The van der Waals surface area contributed by atoms with E-state index in [0.29, 0.717) is 30.8 Å². The van der Waals surface area contributed by atoms with Crippen molar-refractivity contribution in [1.29, 1.82) is 0 Å². The quantitative estimate of drug-likeness (QED) is 0.897. The molecule has 0 saturated carbocycles. The maximum Gasteiger partial charge on any atom is 0.226 e. The predicted octanol–water partition coefficient (Wildman–Crippen LogP) is 2.46. The Kier molecular flexibility index (Phi) is 6.26. The number of aryl methyl sites for hydroxylation is 1. The molecule has 0 aliphatic carbocycles. The van der Waals surface area contributed by atoms with Gasteiger partial charge in [-0.25, -0.2) is 0 Å². The first kappa shape index (κ1) is 19.2. The smallest absolute Gasteiger partial charge is 0.226 e. The Hall–Kier alpha value is -1.14. The molecule has 2 atom stereocenters. The summed E-state index contributed by atoms with van der Waals surface area (Å²) >= 11 is 0. The zero-order valence-corrected chi connectivity index (χ0v) is 15.7. The van der Waals surface area contributed by atoms with E-state index in [2.05, 4.69) is 41.1 Å². The largest absolute Gasteiger partial charge is 0.339 e. The van der Waals surface area contributed by atoms with E-state index in [1.54, 1.807) is 0 Å². The number of fused-ring (bicyclic) bond motifs is 2. The lowest BCUT2D eigenvalue weighted by Crippen LogP contribution is -2.42. The van der Waals surface area contributed by atoms with Crippen LogP contribution in [-0.4, -0.2) is 46.1 Å². The van der Waals surface area contributed by atoms with Gasteiger partial charge in [0.25, 0.3) is 0 Å². The maximum atomic E-state index is 12.6. The molecule has 0 aromatic carbocycles. The molecule has 1 amide bonds. The van der Waals surface area contributed by atoms with Gasteiger partial charge in [0.05, 0.1) is 0 Å². The van der Waals surface area contributed by atoms with E-state index in [-0.39, 0.29) is 23.7 Å². The van der Waals surface area contributed by atoms with E-state index in [1.165, 1.54) is 0 Å². The van der Waals surface area contributed by atoms with Gasteiger partial charge < -0.3 is 14.7 Å². The minimum atomic E-state index is -0.101. The Balaban J connectivity index is 0.00000208. The number of nitrogens with zero attached hydrogens (tertiary/aromatic N) is 3. The van der Waals surface area contributed by atoms with Gasteiger partial charge in [-0.3, -0.25) is 4.79 Å². The topological polar surface area (TPSA) is 71.3 Å². The van der Waals surface area contributed by atoms with Crippen LogP contribution in [-0.2, 0) is 16.6 Å². The second kappa shape index (κ2) is 7.83. The lowest BCUT2D eigenvalue weighted by molar-refractivity contribution is -0.133. The SMILES string of the molecule is CC(C)(C)c1noc(CCCC(=O)N2C3CCNCC2CC3)n1.Cl. The summed E-state index contributed by atoms with van der Waals surface area (Å²) in [6, 6.07) is 0.837. The van der Waals surface area contributed by atoms with Crippen molar-refractivity contribution < 1.29 is 9.32 Å². The molecule has 3 heterocycles. The first-order valence-electron chi connectivity index (χ1n) is 8.80. The average molecular weight is 357 g/mol. The lowest BCUT2D eigenvalue weighted by Gasteiger charge is -2.27. The van der Waals surface area contributed by atoms with Crippen molar-refractivity contribution in [3.8, 4) is 0 Å². The first-order valence-corrected chi connectivity index (χ1v) is 8.80. The molecule has 1 aromatic rings. The van der Waals surface area contributed by atoms with Gasteiger partial charge in [0.1, 0.15) is 0 Å². The van der Waals surface area contributed by atoms with Crippen molar-refractivity contribution in [2.24, 2.45) is 0 Å². The Morgan fingerprint density at radius 1 is 1.29 bits per heavy atom. The number of amides is 1. The third-order valence-electron chi connectivity index (χ3n) is 4.86. The molecular weight excluding hydrogens is 328 g/mol. The van der Waals surface area contributed by atoms with Crippen LogP contribution in [0.2, 0.25) is 0 Å². The van der Waals surface area contributed by atoms with Crippen LogP contribution in [0.4, 0.5) is 0 Å². The van der Waals surface area contributed by atoms with Gasteiger partial charge in [0.2, 0.25) is 11.8 Å². The summed E-state index contributed by atoms with van der Waals surface area (Å²) in [4.78, 5) is 19.2. The van der Waals surface area contributed by atoms with Gasteiger partial charge in [-0.1, -0.05) is 25.9 Å². The monoisotopic (exact) mass is 356 g/mol. The van der Waals surface area contributed by atoms with Crippen molar-refractivity contribution in [2.75, 3.05) is 13.1 Å². The summed E-state index contributed by atoms with van der Waals surface area (Å²) in [7, 11) is 0. The zero-order chi connectivity index (χ0) is 16.4. The Bertz CT molecular complexity index is 541. The molecule has 3 rings (SSSR count). The molecule has 136 valence electrons. The molecule has 0 spiro atoms. The number of hydrogen-bond acceptors (Lipinski definition) is 5. The highest BCUT2D eigenvalue weighted by atomic mass is 35.5. The fraction of sp³-hybridized carbons (Fsp3) is 0.824. The number of halogens is 1. The molecule has 7 heteroatoms. The van der Waals surface area contributed by atoms with Crippen LogP contribution in [0.5, 0.6) is 0 Å². The minimum absolute atomic E-state index is 0. The molecule has 2 aliphatic rings. The van der Waals surface area contributed by atoms with Crippen molar-refractivity contribution >= 4 is 18.3 Å². The highest BCUT2D eigenvalue weighted by Crippen LogP contribution is 2.29. The number of hydrogen-bond donors (Lipinski definition) is 1. The van der Waals surface area contributed by atoms with Gasteiger partial charge in [0.15, 0.2) is 5.82 Å². The molecule has 2 bridgehead atoms. The molecule has 2 saturated heterocycles. The number of carbonyl (C=O) groups is 1. The van der Waals surface area contributed by atoms with Crippen LogP contribution < -0.4 is 5.32 Å². The highest BCUT2D eigenvalue weighted by molar-refractivity contribution is 5.85. The summed E-state index contributed by atoms with van der Waals surface area (Å²) < 4.78 is 5.30. The maximum absolute atomic E-state index is 12.6. The van der Waals surface area contributed by atoms with Crippen LogP contribution in [0.25, 0.3) is 0 Å². The van der Waals surface area contributed by atoms with E-state index in [1.807, 2.05) is 0 Å². The van der Waals surface area contributed by atoms with E-state index < -0.39 is 0 Å². The van der Waals surface area contributed by atoms with Gasteiger partial charge >= 0.3 is 0 Å². The van der Waals surface area contributed by atoms with E-state index in [4.69, 9.17) is 4.52 Å². The van der Waals surface area contributed by atoms with Crippen LogP contribution in [0.3, 0.4) is 0 Å². The van der Waals surface area contributed by atoms with Crippen molar-refractivity contribution in [3.63, 3.8) is 0 Å². The van der Waals surface area contributed by atoms with E-state index in [9.17, 15) is 4.79 Å². The first-order chi connectivity index (χ1) is 10.9. The number of aromatic nitrogens is 2. The molecule has 24 heavy (non-hydrogen) atoms. The fourth-order valence-corrected chi connectivity index (χ4v) is 3.57. The Morgan fingerprint density at radius 2 is 2.04 bits per heavy atom. The molecule has 1 aromatic heterocycles. The second-order valence-corrected chi connectivity index (χ2v) is 7.79. The van der Waals surface area contributed by atoms with Crippen molar-refractivity contribution in [1.82, 2.24) is 20.4 Å². The Labute approximate surface area is 150 Å². The molecule has 2 aliphatic heterocycles. The minimum Gasteiger partial charge on any atom is -0.339 e. The van der Waals surface area contributed by atoms with Crippen LogP contribution in [0, 0.1) is 0 Å². The van der Waals surface area contributed by atoms with Crippen LogP contribution >= 0.6 is 12.4 Å². The lowest BCUT2D eigenvalue weighted by atomic mass is 9.96. The second-order valence-electron chi connectivity index (χ2n) is 7.79. The fourth-order valence-electron chi connectivity index (χ4n) is 3.57. The van der Waals surface area contributed by atoms with Gasteiger partial charge in [-0.15, -0.1) is 12.4 Å². The molecule has 6 nitrogen and oxygen atoms in total.